The summed E-state index contributed by atoms with van der Waals surface area (Å²) in [5.41, 5.74) is 5.19. The normalized spacial score (nSPS) is 9.93. The van der Waals surface area contributed by atoms with Gasteiger partial charge in [0, 0.05) is 18.3 Å². The van der Waals surface area contributed by atoms with Gasteiger partial charge in [0.25, 0.3) is 5.91 Å². The zero-order valence-electron chi connectivity index (χ0n) is 14.4. The van der Waals surface area contributed by atoms with Gasteiger partial charge in [0.05, 0.1) is 15.6 Å². The van der Waals surface area contributed by atoms with Gasteiger partial charge in [0.2, 0.25) is 0 Å². The summed E-state index contributed by atoms with van der Waals surface area (Å²) in [6.45, 7) is 0. The number of pyridine rings is 1. The summed E-state index contributed by atoms with van der Waals surface area (Å²) in [6.07, 6.45) is 1.45. The van der Waals surface area contributed by atoms with Gasteiger partial charge in [-0.15, -0.1) is 0 Å². The highest BCUT2D eigenvalue weighted by atomic mass is 35.5. The van der Waals surface area contributed by atoms with Gasteiger partial charge in [-0.05, 0) is 30.3 Å². The first-order chi connectivity index (χ1) is 13.7. The fourth-order valence-corrected chi connectivity index (χ4v) is 2.29. The first-order valence-corrected chi connectivity index (χ1v) is 8.50. The molecule has 0 aliphatic rings. The second-order valence-corrected chi connectivity index (χ2v) is 6.14. The smallest absolute Gasteiger partial charge is 0.354 e. The summed E-state index contributed by atoms with van der Waals surface area (Å²) < 4.78 is 31.5. The molecule has 3 rings (SSSR count). The number of nitrogens with zero attached hydrogens (tertiary/aromatic N) is 1. The van der Waals surface area contributed by atoms with Crippen molar-refractivity contribution in [3.8, 4) is 11.5 Å². The van der Waals surface area contributed by atoms with Crippen LogP contribution in [0.3, 0.4) is 0 Å². The van der Waals surface area contributed by atoms with Gasteiger partial charge in [-0.3, -0.25) is 4.79 Å². The topological polar surface area (TPSA) is 103 Å². The number of carboxylic acid groups (broad SMARTS) is 1. The van der Waals surface area contributed by atoms with Crippen LogP contribution >= 0.6 is 23.2 Å². The molecule has 0 saturated carbocycles. The summed E-state index contributed by atoms with van der Waals surface area (Å²) in [5.74, 6) is -3.83. The Morgan fingerprint density at radius 3 is 2.21 bits per heavy atom. The molecule has 29 heavy (non-hydrogen) atoms. The van der Waals surface area contributed by atoms with Crippen LogP contribution in [-0.4, -0.2) is 22.0 Å². The Labute approximate surface area is 173 Å². The number of nitrogens with two attached hydrogens (primary N) is 1. The molecule has 3 N–H and O–H groups in total. The quantitative estimate of drug-likeness (QED) is 0.597. The van der Waals surface area contributed by atoms with Crippen LogP contribution in [0.5, 0.6) is 11.5 Å². The molecular formula is C19H12Cl2F2N2O4. The molecule has 2 aromatic carbocycles. The van der Waals surface area contributed by atoms with E-state index in [1.807, 2.05) is 0 Å². The molecule has 1 amide bonds. The Bertz CT molecular complexity index is 1050. The SMILES string of the molecule is NC(=O)c1cc(Cl)c(Cl)cc1Oc1ccc(F)cc1F.O=C(O)c1ccccn1. The van der Waals surface area contributed by atoms with Crippen LogP contribution in [0.2, 0.25) is 10.0 Å². The Hall–Kier alpha value is -3.23. The van der Waals surface area contributed by atoms with Crippen LogP contribution in [0.25, 0.3) is 0 Å². The number of benzene rings is 2. The van der Waals surface area contributed by atoms with E-state index >= 15 is 0 Å². The molecule has 10 heteroatoms. The molecule has 6 nitrogen and oxygen atoms in total. The third kappa shape index (κ3) is 6.13. The highest BCUT2D eigenvalue weighted by Gasteiger charge is 2.16. The maximum Gasteiger partial charge on any atom is 0.354 e. The summed E-state index contributed by atoms with van der Waals surface area (Å²) in [5, 5.41) is 8.53. The average molecular weight is 441 g/mol. The largest absolute Gasteiger partial charge is 0.477 e. The lowest BCUT2D eigenvalue weighted by atomic mass is 10.2. The summed E-state index contributed by atoms with van der Waals surface area (Å²) >= 11 is 11.6. The van der Waals surface area contributed by atoms with Gasteiger partial charge < -0.3 is 15.6 Å². The minimum Gasteiger partial charge on any atom is -0.477 e. The monoisotopic (exact) mass is 440 g/mol. The van der Waals surface area contributed by atoms with Crippen LogP contribution < -0.4 is 10.5 Å². The molecule has 0 saturated heterocycles. The second-order valence-electron chi connectivity index (χ2n) is 5.32. The molecule has 0 aliphatic carbocycles. The van der Waals surface area contributed by atoms with Crippen molar-refractivity contribution in [1.82, 2.24) is 4.98 Å². The van der Waals surface area contributed by atoms with Crippen molar-refractivity contribution >= 4 is 35.1 Å². The Morgan fingerprint density at radius 1 is 1.00 bits per heavy atom. The Kier molecular flexibility index (Phi) is 7.46. The van der Waals surface area contributed by atoms with Gasteiger partial charge >= 0.3 is 5.97 Å². The van der Waals surface area contributed by atoms with Gasteiger partial charge in [0.15, 0.2) is 11.6 Å². The van der Waals surface area contributed by atoms with E-state index in [0.717, 1.165) is 12.1 Å². The van der Waals surface area contributed by atoms with Crippen molar-refractivity contribution in [3.63, 3.8) is 0 Å². The van der Waals surface area contributed by atoms with E-state index < -0.39 is 23.5 Å². The van der Waals surface area contributed by atoms with E-state index in [2.05, 4.69) is 4.98 Å². The molecule has 150 valence electrons. The van der Waals surface area contributed by atoms with Crippen LogP contribution in [-0.2, 0) is 0 Å². The maximum absolute atomic E-state index is 13.5. The fraction of sp³-hybridized carbons (Fsp3) is 0. The molecule has 0 unspecified atom stereocenters. The zero-order valence-corrected chi connectivity index (χ0v) is 15.9. The maximum atomic E-state index is 13.5. The number of hydrogen-bond donors (Lipinski definition) is 2. The number of carboxylic acids is 1. The van der Waals surface area contributed by atoms with Crippen molar-refractivity contribution < 1.29 is 28.2 Å². The minimum absolute atomic E-state index is 0.0666. The lowest BCUT2D eigenvalue weighted by Gasteiger charge is -2.11. The lowest BCUT2D eigenvalue weighted by molar-refractivity contribution is 0.0690. The number of primary amides is 1. The third-order valence-corrected chi connectivity index (χ3v) is 4.01. The van der Waals surface area contributed by atoms with Crippen molar-refractivity contribution in [1.29, 1.82) is 0 Å². The average Bonchev–Trinajstić information content (AvgIpc) is 2.67. The van der Waals surface area contributed by atoms with E-state index in [4.69, 9.17) is 38.8 Å². The van der Waals surface area contributed by atoms with Gasteiger partial charge in [-0.25, -0.2) is 18.6 Å². The van der Waals surface area contributed by atoms with Crippen molar-refractivity contribution in [3.05, 3.63) is 87.7 Å². The number of amides is 1. The molecule has 3 aromatic rings. The number of carbonyl (C=O) groups excluding carboxylic acids is 1. The van der Waals surface area contributed by atoms with E-state index in [1.165, 1.54) is 24.4 Å². The molecular weight excluding hydrogens is 429 g/mol. The van der Waals surface area contributed by atoms with Crippen molar-refractivity contribution in [2.24, 2.45) is 5.73 Å². The highest BCUT2D eigenvalue weighted by Crippen LogP contribution is 2.34. The van der Waals surface area contributed by atoms with Gasteiger partial charge in [0.1, 0.15) is 17.3 Å². The number of aromatic nitrogens is 1. The van der Waals surface area contributed by atoms with E-state index in [9.17, 15) is 18.4 Å². The molecule has 1 heterocycles. The number of aromatic carboxylic acids is 1. The van der Waals surface area contributed by atoms with Crippen molar-refractivity contribution in [2.45, 2.75) is 0 Å². The van der Waals surface area contributed by atoms with Crippen molar-refractivity contribution in [2.75, 3.05) is 0 Å². The first kappa shape index (κ1) is 22.1. The fourth-order valence-electron chi connectivity index (χ4n) is 1.97. The minimum atomic E-state index is -0.990. The summed E-state index contributed by atoms with van der Waals surface area (Å²) in [4.78, 5) is 25.0. The van der Waals surface area contributed by atoms with E-state index in [-0.39, 0.29) is 32.8 Å². The number of halogens is 4. The predicted molar refractivity (Wildman–Crippen MR) is 103 cm³/mol. The summed E-state index contributed by atoms with van der Waals surface area (Å²) in [7, 11) is 0. The molecule has 0 atom stereocenters. The van der Waals surface area contributed by atoms with Gasteiger partial charge in [-0.2, -0.15) is 0 Å². The Morgan fingerprint density at radius 2 is 1.69 bits per heavy atom. The molecule has 0 fully saturated rings. The first-order valence-electron chi connectivity index (χ1n) is 7.75. The predicted octanol–water partition coefficient (Wildman–Crippen LogP) is 4.94. The zero-order chi connectivity index (χ0) is 21.6. The highest BCUT2D eigenvalue weighted by molar-refractivity contribution is 6.42. The standard InChI is InChI=1S/C13H7Cl2F2NO2.C6H5NO2/c14-8-4-7(13(18)19)12(5-9(8)15)20-11-2-1-6(16)3-10(11)17;8-6(9)5-3-1-2-4-7-5/h1-5H,(H2,18,19);1-4H,(H,8,9). The Balaban J connectivity index is 0.000000278. The van der Waals surface area contributed by atoms with Crippen LogP contribution in [0.1, 0.15) is 20.8 Å². The molecule has 0 bridgehead atoms. The molecule has 1 aromatic heterocycles. The third-order valence-electron chi connectivity index (χ3n) is 3.29. The van der Waals surface area contributed by atoms with E-state index in [1.54, 1.807) is 12.1 Å². The number of rotatable bonds is 4. The second kappa shape index (κ2) is 9.81. The van der Waals surface area contributed by atoms with E-state index in [0.29, 0.717) is 6.07 Å². The number of hydrogen-bond acceptors (Lipinski definition) is 4. The van der Waals surface area contributed by atoms with Crippen LogP contribution in [0.4, 0.5) is 8.78 Å². The molecule has 0 spiro atoms. The van der Waals surface area contributed by atoms with Gasteiger partial charge in [-0.1, -0.05) is 29.3 Å². The summed E-state index contributed by atoms with van der Waals surface area (Å²) in [6, 6.07) is 9.94. The van der Waals surface area contributed by atoms with Crippen LogP contribution in [0, 0.1) is 11.6 Å². The van der Waals surface area contributed by atoms with Crippen LogP contribution in [0.15, 0.2) is 54.7 Å². The molecule has 0 radical (unpaired) electrons. The number of carbonyl (C=O) groups is 2. The number of ether oxygens (including phenoxy) is 1. The lowest BCUT2D eigenvalue weighted by Crippen LogP contribution is -2.12. The molecule has 0 aliphatic heterocycles.